The van der Waals surface area contributed by atoms with Crippen LogP contribution in [0, 0.1) is 22.5 Å². The van der Waals surface area contributed by atoms with Crippen molar-refractivity contribution in [1.29, 1.82) is 0 Å². The number of fused-ring (bicyclic) bond motifs is 1. The van der Waals surface area contributed by atoms with Crippen LogP contribution in [0.15, 0.2) is 24.3 Å². The monoisotopic (exact) mass is 306 g/mol. The molecule has 0 radical (unpaired) electrons. The predicted molar refractivity (Wildman–Crippen MR) is 88.9 cm³/mol. The summed E-state index contributed by atoms with van der Waals surface area (Å²) in [5, 5.41) is 0. The van der Waals surface area contributed by atoms with Crippen molar-refractivity contribution in [3.05, 3.63) is 47.0 Å². The van der Waals surface area contributed by atoms with Crippen molar-refractivity contribution in [2.45, 2.75) is 66.2 Å². The Hall–Kier alpha value is -1.18. The maximum absolute atomic E-state index is 13.5. The molecule has 0 unspecified atom stereocenters. The van der Waals surface area contributed by atoms with Crippen LogP contribution >= 0.6 is 0 Å². The molecule has 0 aliphatic heterocycles. The summed E-state index contributed by atoms with van der Waals surface area (Å²) in [5.41, 5.74) is 3.55. The minimum atomic E-state index is -0.723. The van der Waals surface area contributed by atoms with E-state index in [4.69, 9.17) is 0 Å². The van der Waals surface area contributed by atoms with E-state index in [0.29, 0.717) is 0 Å². The summed E-state index contributed by atoms with van der Waals surface area (Å²) >= 11 is 0. The Labute approximate surface area is 133 Å². The van der Waals surface area contributed by atoms with Gasteiger partial charge in [-0.1, -0.05) is 46.3 Å². The third-order valence-electron chi connectivity index (χ3n) is 4.56. The Morgan fingerprint density at radius 2 is 1.64 bits per heavy atom. The number of hydrogen-bond acceptors (Lipinski definition) is 0. The lowest BCUT2D eigenvalue weighted by Crippen LogP contribution is -2.23. The molecule has 0 atom stereocenters. The normalized spacial score (nSPS) is 16.6. The van der Waals surface area contributed by atoms with Gasteiger partial charge in [0.05, 0.1) is 0 Å². The third kappa shape index (κ3) is 3.97. The Morgan fingerprint density at radius 1 is 1.14 bits per heavy atom. The first-order valence-corrected chi connectivity index (χ1v) is 8.28. The Bertz CT molecular complexity index is 533. The summed E-state index contributed by atoms with van der Waals surface area (Å²) in [6.07, 6.45) is 5.80. The van der Waals surface area contributed by atoms with Crippen molar-refractivity contribution >= 4 is 0 Å². The Balaban J connectivity index is 2.20. The maximum atomic E-state index is 13.5. The van der Waals surface area contributed by atoms with Gasteiger partial charge in [-0.05, 0) is 66.2 Å². The summed E-state index contributed by atoms with van der Waals surface area (Å²) in [5.74, 6) is -1.45. The van der Waals surface area contributed by atoms with Crippen LogP contribution < -0.4 is 0 Å². The SMILES string of the molecule is C=C(CC(C)(C)C)CC1(CCC)Cc2cc(F)c(F)cc2C1. The molecule has 0 spiro atoms. The highest BCUT2D eigenvalue weighted by atomic mass is 19.2. The van der Waals surface area contributed by atoms with Crippen molar-refractivity contribution in [3.63, 3.8) is 0 Å². The van der Waals surface area contributed by atoms with E-state index in [9.17, 15) is 8.78 Å². The molecule has 1 aliphatic carbocycles. The van der Waals surface area contributed by atoms with E-state index < -0.39 is 11.6 Å². The predicted octanol–water partition coefficient (Wildman–Crippen LogP) is 6.23. The standard InChI is InChI=1S/C20H28F2/c1-6-7-20(11-14(2)10-19(3,4)5)12-15-8-17(21)18(22)9-16(15)13-20/h8-9H,2,6-7,10-13H2,1,3-5H3. The van der Waals surface area contributed by atoms with Gasteiger partial charge in [0.15, 0.2) is 11.6 Å². The van der Waals surface area contributed by atoms with E-state index in [1.165, 1.54) is 17.7 Å². The average molecular weight is 306 g/mol. The fourth-order valence-corrected chi connectivity index (χ4v) is 4.09. The van der Waals surface area contributed by atoms with Gasteiger partial charge in [0.2, 0.25) is 0 Å². The minimum absolute atomic E-state index is 0.0969. The molecule has 0 fully saturated rings. The minimum Gasteiger partial charge on any atom is -0.204 e. The van der Waals surface area contributed by atoms with Crippen LogP contribution in [0.4, 0.5) is 8.78 Å². The van der Waals surface area contributed by atoms with Gasteiger partial charge in [-0.2, -0.15) is 0 Å². The molecular formula is C20H28F2. The van der Waals surface area contributed by atoms with Gasteiger partial charge in [-0.15, -0.1) is 0 Å². The molecule has 0 aromatic heterocycles. The van der Waals surface area contributed by atoms with Gasteiger partial charge in [-0.25, -0.2) is 8.78 Å². The first-order chi connectivity index (χ1) is 10.1. The van der Waals surface area contributed by atoms with Crippen molar-refractivity contribution in [1.82, 2.24) is 0 Å². The van der Waals surface area contributed by atoms with Crippen LogP contribution in [0.25, 0.3) is 0 Å². The second-order valence-electron chi connectivity index (χ2n) is 8.30. The molecule has 1 aliphatic rings. The highest BCUT2D eigenvalue weighted by Crippen LogP contribution is 2.46. The lowest BCUT2D eigenvalue weighted by molar-refractivity contribution is 0.262. The van der Waals surface area contributed by atoms with E-state index in [0.717, 1.165) is 49.7 Å². The Kier molecular flexibility index (Phi) is 4.79. The second-order valence-corrected chi connectivity index (χ2v) is 8.30. The lowest BCUT2D eigenvalue weighted by Gasteiger charge is -2.32. The van der Waals surface area contributed by atoms with Crippen LogP contribution in [0.2, 0.25) is 0 Å². The third-order valence-corrected chi connectivity index (χ3v) is 4.56. The molecular weight excluding hydrogens is 278 g/mol. The van der Waals surface area contributed by atoms with Crippen molar-refractivity contribution < 1.29 is 8.78 Å². The van der Waals surface area contributed by atoms with Gasteiger partial charge in [-0.3, -0.25) is 0 Å². The fraction of sp³-hybridized carbons (Fsp3) is 0.600. The van der Waals surface area contributed by atoms with Gasteiger partial charge < -0.3 is 0 Å². The van der Waals surface area contributed by atoms with Gasteiger partial charge in [0.1, 0.15) is 0 Å². The highest BCUT2D eigenvalue weighted by molar-refractivity contribution is 5.36. The van der Waals surface area contributed by atoms with Crippen molar-refractivity contribution in [3.8, 4) is 0 Å². The number of hydrogen-bond donors (Lipinski definition) is 0. The van der Waals surface area contributed by atoms with Crippen molar-refractivity contribution in [2.24, 2.45) is 10.8 Å². The smallest absolute Gasteiger partial charge is 0.159 e. The molecule has 0 heterocycles. The average Bonchev–Trinajstić information content (AvgIpc) is 2.64. The number of rotatable bonds is 5. The summed E-state index contributed by atoms with van der Waals surface area (Å²) in [7, 11) is 0. The van der Waals surface area contributed by atoms with E-state index in [1.807, 2.05) is 0 Å². The zero-order valence-electron chi connectivity index (χ0n) is 14.4. The molecule has 0 saturated heterocycles. The summed E-state index contributed by atoms with van der Waals surface area (Å²) < 4.78 is 27.0. The molecule has 0 nitrogen and oxygen atoms in total. The summed E-state index contributed by atoms with van der Waals surface area (Å²) in [6.45, 7) is 13.1. The lowest BCUT2D eigenvalue weighted by atomic mass is 9.73. The first kappa shape index (κ1) is 17.2. The zero-order chi connectivity index (χ0) is 16.5. The van der Waals surface area contributed by atoms with Crippen LogP contribution in [0.1, 0.15) is 64.5 Å². The summed E-state index contributed by atoms with van der Waals surface area (Å²) in [6, 6.07) is 2.79. The van der Waals surface area contributed by atoms with Gasteiger partial charge >= 0.3 is 0 Å². The largest absolute Gasteiger partial charge is 0.204 e. The van der Waals surface area contributed by atoms with Crippen molar-refractivity contribution in [2.75, 3.05) is 0 Å². The molecule has 2 rings (SSSR count). The molecule has 0 saturated carbocycles. The van der Waals surface area contributed by atoms with Crippen LogP contribution in [0.3, 0.4) is 0 Å². The number of allylic oxidation sites excluding steroid dienone is 1. The van der Waals surface area contributed by atoms with E-state index in [-0.39, 0.29) is 10.8 Å². The quantitative estimate of drug-likeness (QED) is 0.565. The molecule has 122 valence electrons. The molecule has 1 aromatic rings. The van der Waals surface area contributed by atoms with Crippen LogP contribution in [0.5, 0.6) is 0 Å². The number of halogens is 2. The van der Waals surface area contributed by atoms with Gasteiger partial charge in [0.25, 0.3) is 0 Å². The Morgan fingerprint density at radius 3 is 2.05 bits per heavy atom. The number of benzene rings is 1. The van der Waals surface area contributed by atoms with Gasteiger partial charge in [0, 0.05) is 0 Å². The molecule has 2 heteroatoms. The topological polar surface area (TPSA) is 0 Å². The van der Waals surface area contributed by atoms with Crippen LogP contribution in [-0.2, 0) is 12.8 Å². The zero-order valence-corrected chi connectivity index (χ0v) is 14.4. The van der Waals surface area contributed by atoms with E-state index >= 15 is 0 Å². The summed E-state index contributed by atoms with van der Waals surface area (Å²) in [4.78, 5) is 0. The highest BCUT2D eigenvalue weighted by Gasteiger charge is 2.37. The fourth-order valence-electron chi connectivity index (χ4n) is 4.09. The molecule has 22 heavy (non-hydrogen) atoms. The van der Waals surface area contributed by atoms with E-state index in [1.54, 1.807) is 0 Å². The molecule has 1 aromatic carbocycles. The van der Waals surface area contributed by atoms with E-state index in [2.05, 4.69) is 34.3 Å². The second kappa shape index (κ2) is 6.14. The van der Waals surface area contributed by atoms with Crippen LogP contribution in [-0.4, -0.2) is 0 Å². The maximum Gasteiger partial charge on any atom is 0.159 e. The molecule has 0 bridgehead atoms. The molecule has 0 N–H and O–H groups in total. The molecule has 0 amide bonds. The first-order valence-electron chi connectivity index (χ1n) is 8.28.